The number of nitrogens with two attached hydrogens (primary N) is 1. The number of sulfonamides is 1. The van der Waals surface area contributed by atoms with Gasteiger partial charge < -0.3 is 5.73 Å². The first-order valence-corrected chi connectivity index (χ1v) is 7.80. The van der Waals surface area contributed by atoms with E-state index in [9.17, 15) is 8.42 Å². The summed E-state index contributed by atoms with van der Waals surface area (Å²) in [6.45, 7) is 2.45. The molecule has 1 fully saturated rings. The number of benzene rings is 1. The fourth-order valence-corrected chi connectivity index (χ4v) is 4.28. The van der Waals surface area contributed by atoms with E-state index in [1.165, 1.54) is 0 Å². The van der Waals surface area contributed by atoms with Crippen LogP contribution in [0.1, 0.15) is 26.2 Å². The van der Waals surface area contributed by atoms with Crippen molar-refractivity contribution in [3.63, 3.8) is 0 Å². The van der Waals surface area contributed by atoms with Gasteiger partial charge in [0.05, 0.1) is 4.90 Å². The van der Waals surface area contributed by atoms with Crippen molar-refractivity contribution in [3.05, 3.63) is 30.3 Å². The third-order valence-corrected chi connectivity index (χ3v) is 5.39. The number of hydrogen-bond donors (Lipinski definition) is 1. The Morgan fingerprint density at radius 1 is 1.28 bits per heavy atom. The number of rotatable bonds is 3. The molecule has 1 aromatic rings. The Morgan fingerprint density at radius 2 is 1.94 bits per heavy atom. The number of nitrogens with zero attached hydrogens (tertiary/aromatic N) is 1. The Morgan fingerprint density at radius 3 is 2.56 bits per heavy atom. The van der Waals surface area contributed by atoms with Gasteiger partial charge in [0.25, 0.3) is 0 Å². The Balaban J connectivity index is 2.34. The second-order valence-electron chi connectivity index (χ2n) is 4.85. The predicted octanol–water partition coefficient (Wildman–Crippen LogP) is 1.58. The van der Waals surface area contributed by atoms with Gasteiger partial charge in [-0.05, 0) is 31.9 Å². The molecule has 0 radical (unpaired) electrons. The van der Waals surface area contributed by atoms with E-state index in [0.29, 0.717) is 11.4 Å². The summed E-state index contributed by atoms with van der Waals surface area (Å²) >= 11 is 0. The van der Waals surface area contributed by atoms with Crippen LogP contribution in [0, 0.1) is 0 Å². The molecule has 1 aromatic carbocycles. The molecule has 1 saturated heterocycles. The van der Waals surface area contributed by atoms with Crippen LogP contribution in [0.5, 0.6) is 0 Å². The lowest BCUT2D eigenvalue weighted by atomic mass is 10.00. The van der Waals surface area contributed by atoms with Crippen molar-refractivity contribution in [2.75, 3.05) is 6.54 Å². The molecule has 2 N–H and O–H groups in total. The van der Waals surface area contributed by atoms with Gasteiger partial charge in [-0.3, -0.25) is 0 Å². The van der Waals surface area contributed by atoms with Gasteiger partial charge in [-0.15, -0.1) is 0 Å². The van der Waals surface area contributed by atoms with E-state index in [0.717, 1.165) is 19.3 Å². The minimum atomic E-state index is -3.40. The summed E-state index contributed by atoms with van der Waals surface area (Å²) in [7, 11) is -3.40. The van der Waals surface area contributed by atoms with Gasteiger partial charge >= 0.3 is 0 Å². The molecule has 1 aliphatic heterocycles. The zero-order valence-electron chi connectivity index (χ0n) is 10.6. The topological polar surface area (TPSA) is 63.4 Å². The molecule has 0 amide bonds. The average Bonchev–Trinajstić information content (AvgIpc) is 2.39. The van der Waals surface area contributed by atoms with Gasteiger partial charge in [0.1, 0.15) is 0 Å². The maximum atomic E-state index is 12.6. The van der Waals surface area contributed by atoms with Crippen LogP contribution in [-0.2, 0) is 10.0 Å². The number of hydrogen-bond acceptors (Lipinski definition) is 3. The second-order valence-corrected chi connectivity index (χ2v) is 6.74. The standard InChI is InChI=1S/C13H20N2O2S/c1-11(14)13-9-5-6-10-15(13)18(16,17)12-7-3-2-4-8-12/h2-4,7-8,11,13H,5-6,9-10,14H2,1H3. The highest BCUT2D eigenvalue weighted by molar-refractivity contribution is 7.89. The lowest BCUT2D eigenvalue weighted by Crippen LogP contribution is -2.51. The third kappa shape index (κ3) is 2.58. The Labute approximate surface area is 109 Å². The zero-order chi connectivity index (χ0) is 13.2. The molecule has 0 aliphatic carbocycles. The molecule has 2 atom stereocenters. The highest BCUT2D eigenvalue weighted by Gasteiger charge is 2.34. The lowest BCUT2D eigenvalue weighted by Gasteiger charge is -2.36. The van der Waals surface area contributed by atoms with Crippen LogP contribution in [0.25, 0.3) is 0 Å². The normalized spacial score (nSPS) is 23.8. The van der Waals surface area contributed by atoms with E-state index >= 15 is 0 Å². The van der Waals surface area contributed by atoms with Crippen LogP contribution in [0.15, 0.2) is 35.2 Å². The summed E-state index contributed by atoms with van der Waals surface area (Å²) < 4.78 is 26.7. The van der Waals surface area contributed by atoms with Crippen LogP contribution in [0.3, 0.4) is 0 Å². The molecule has 4 nitrogen and oxygen atoms in total. The summed E-state index contributed by atoms with van der Waals surface area (Å²) in [5, 5.41) is 0. The SMILES string of the molecule is CC(N)C1CCCCN1S(=O)(=O)c1ccccc1. The van der Waals surface area contributed by atoms with Crippen molar-refractivity contribution in [1.29, 1.82) is 0 Å². The van der Waals surface area contributed by atoms with Crippen LogP contribution in [0.4, 0.5) is 0 Å². The molecule has 0 aromatic heterocycles. The summed E-state index contributed by atoms with van der Waals surface area (Å²) in [6, 6.07) is 8.38. The van der Waals surface area contributed by atoms with Crippen molar-refractivity contribution < 1.29 is 8.42 Å². The molecule has 0 spiro atoms. The molecule has 1 heterocycles. The highest BCUT2D eigenvalue weighted by Crippen LogP contribution is 2.26. The lowest BCUT2D eigenvalue weighted by molar-refractivity contribution is 0.227. The summed E-state index contributed by atoms with van der Waals surface area (Å²) in [5.41, 5.74) is 5.93. The van der Waals surface area contributed by atoms with Crippen LogP contribution in [0.2, 0.25) is 0 Å². The third-order valence-electron chi connectivity index (χ3n) is 3.46. The van der Waals surface area contributed by atoms with Crippen LogP contribution >= 0.6 is 0 Å². The van der Waals surface area contributed by atoms with Gasteiger partial charge in [0.15, 0.2) is 0 Å². The molecule has 18 heavy (non-hydrogen) atoms. The monoisotopic (exact) mass is 268 g/mol. The average molecular weight is 268 g/mol. The van der Waals surface area contributed by atoms with Gasteiger partial charge in [-0.25, -0.2) is 8.42 Å². The molecule has 0 saturated carbocycles. The highest BCUT2D eigenvalue weighted by atomic mass is 32.2. The molecular weight excluding hydrogens is 248 g/mol. The fourth-order valence-electron chi connectivity index (χ4n) is 2.48. The molecular formula is C13H20N2O2S. The summed E-state index contributed by atoms with van der Waals surface area (Å²) in [6.07, 6.45) is 2.81. The Hall–Kier alpha value is -0.910. The second kappa shape index (κ2) is 5.38. The van der Waals surface area contributed by atoms with Gasteiger partial charge in [-0.2, -0.15) is 4.31 Å². The van der Waals surface area contributed by atoms with Crippen molar-refractivity contribution >= 4 is 10.0 Å². The van der Waals surface area contributed by atoms with Crippen molar-refractivity contribution in [2.24, 2.45) is 5.73 Å². The van der Waals surface area contributed by atoms with Gasteiger partial charge in [0.2, 0.25) is 10.0 Å². The maximum absolute atomic E-state index is 12.6. The molecule has 100 valence electrons. The molecule has 1 aliphatic rings. The van der Waals surface area contributed by atoms with Crippen LogP contribution < -0.4 is 5.73 Å². The van der Waals surface area contributed by atoms with E-state index in [4.69, 9.17) is 5.73 Å². The van der Waals surface area contributed by atoms with E-state index < -0.39 is 10.0 Å². The van der Waals surface area contributed by atoms with Crippen molar-refractivity contribution in [3.8, 4) is 0 Å². The van der Waals surface area contributed by atoms with Crippen molar-refractivity contribution in [2.45, 2.75) is 43.2 Å². The molecule has 5 heteroatoms. The predicted molar refractivity (Wildman–Crippen MR) is 71.6 cm³/mol. The van der Waals surface area contributed by atoms with E-state index in [1.54, 1.807) is 28.6 Å². The first-order chi connectivity index (χ1) is 8.53. The summed E-state index contributed by atoms with van der Waals surface area (Å²) in [4.78, 5) is 0.359. The first kappa shape index (κ1) is 13.5. The molecule has 2 rings (SSSR count). The van der Waals surface area contributed by atoms with E-state index in [2.05, 4.69) is 0 Å². The number of piperidine rings is 1. The molecule has 0 bridgehead atoms. The Kier molecular flexibility index (Phi) is 4.04. The zero-order valence-corrected chi connectivity index (χ0v) is 11.4. The first-order valence-electron chi connectivity index (χ1n) is 6.36. The van der Waals surface area contributed by atoms with E-state index in [1.807, 2.05) is 13.0 Å². The summed E-state index contributed by atoms with van der Waals surface area (Å²) in [5.74, 6) is 0. The van der Waals surface area contributed by atoms with Gasteiger partial charge in [0, 0.05) is 18.6 Å². The van der Waals surface area contributed by atoms with Crippen LogP contribution in [-0.4, -0.2) is 31.4 Å². The van der Waals surface area contributed by atoms with Gasteiger partial charge in [-0.1, -0.05) is 24.6 Å². The van der Waals surface area contributed by atoms with E-state index in [-0.39, 0.29) is 12.1 Å². The quantitative estimate of drug-likeness (QED) is 0.905. The largest absolute Gasteiger partial charge is 0.326 e. The minimum Gasteiger partial charge on any atom is -0.326 e. The Bertz CT molecular complexity index is 485. The maximum Gasteiger partial charge on any atom is 0.243 e. The minimum absolute atomic E-state index is 0.0797. The smallest absolute Gasteiger partial charge is 0.243 e. The molecule has 2 unspecified atom stereocenters. The fraction of sp³-hybridized carbons (Fsp3) is 0.538. The van der Waals surface area contributed by atoms with Crippen molar-refractivity contribution in [1.82, 2.24) is 4.31 Å².